The molecular formula is C45H52N2O6. The molecule has 5 aromatic rings. The first kappa shape index (κ1) is 38.5. The minimum absolute atomic E-state index is 0.0218. The van der Waals surface area contributed by atoms with Gasteiger partial charge in [0, 0.05) is 18.6 Å². The molecule has 0 spiro atoms. The third-order valence-corrected chi connectivity index (χ3v) is 9.59. The van der Waals surface area contributed by atoms with Crippen molar-refractivity contribution in [2.45, 2.75) is 75.5 Å². The molecule has 5 aromatic carbocycles. The third kappa shape index (κ3) is 11.6. The number of rotatable bonds is 20. The maximum absolute atomic E-state index is 12.9. The normalized spacial score (nSPS) is 22.0. The Hall–Kier alpha value is -4.22. The number of hydrogen-bond acceptors (Lipinski definition) is 8. The van der Waals surface area contributed by atoms with Crippen molar-refractivity contribution in [3.8, 4) is 0 Å². The summed E-state index contributed by atoms with van der Waals surface area (Å²) in [5.74, 6) is 0. The molecule has 1 aliphatic rings. The van der Waals surface area contributed by atoms with E-state index in [0.29, 0.717) is 39.6 Å². The largest absolute Gasteiger partial charge is 0.385 e. The molecule has 6 rings (SSSR count). The number of nitrogens with one attached hydrogen (secondary N) is 1. The lowest BCUT2D eigenvalue weighted by Crippen LogP contribution is -2.70. The van der Waals surface area contributed by atoms with Gasteiger partial charge in [0.15, 0.2) is 0 Å². The molecule has 1 unspecified atom stereocenters. The fourth-order valence-electron chi connectivity index (χ4n) is 6.85. The molecule has 1 saturated carbocycles. The van der Waals surface area contributed by atoms with Gasteiger partial charge in [-0.25, -0.2) is 0 Å². The van der Waals surface area contributed by atoms with Gasteiger partial charge in [-0.2, -0.15) is 0 Å². The van der Waals surface area contributed by atoms with Crippen LogP contribution in [0.4, 0.5) is 0 Å². The van der Waals surface area contributed by atoms with E-state index in [-0.39, 0.29) is 25.7 Å². The van der Waals surface area contributed by atoms with Crippen LogP contribution in [0.25, 0.3) is 0 Å². The summed E-state index contributed by atoms with van der Waals surface area (Å²) in [5, 5.41) is 16.6. The van der Waals surface area contributed by atoms with Gasteiger partial charge in [0.05, 0.1) is 46.2 Å². The van der Waals surface area contributed by atoms with Gasteiger partial charge in [-0.3, -0.25) is 0 Å². The minimum Gasteiger partial charge on any atom is -0.385 e. The van der Waals surface area contributed by atoms with Crippen molar-refractivity contribution in [3.05, 3.63) is 179 Å². The Morgan fingerprint density at radius 1 is 0.547 bits per heavy atom. The van der Waals surface area contributed by atoms with E-state index < -0.39 is 30.0 Å². The maximum atomic E-state index is 12.9. The monoisotopic (exact) mass is 716 g/mol. The molecule has 0 bridgehead atoms. The quantitative estimate of drug-likeness (QED) is 0.0829. The summed E-state index contributed by atoms with van der Waals surface area (Å²) in [6.45, 7) is 2.45. The molecule has 1 aliphatic carbocycles. The van der Waals surface area contributed by atoms with Crippen molar-refractivity contribution < 1.29 is 28.8 Å². The minimum atomic E-state index is -1.46. The Balaban J connectivity index is 1.31. The van der Waals surface area contributed by atoms with Gasteiger partial charge in [-0.15, -0.1) is 0 Å². The van der Waals surface area contributed by atoms with E-state index in [4.69, 9.17) is 29.4 Å². The molecule has 4 N–H and O–H groups in total. The van der Waals surface area contributed by atoms with Crippen LogP contribution in [-0.4, -0.2) is 60.9 Å². The lowest BCUT2D eigenvalue weighted by atomic mass is 9.75. The van der Waals surface area contributed by atoms with Gasteiger partial charge in [0.25, 0.3) is 0 Å². The molecule has 0 radical (unpaired) electrons. The summed E-state index contributed by atoms with van der Waals surface area (Å²) in [5.41, 5.74) is 10.0. The average molecular weight is 717 g/mol. The van der Waals surface area contributed by atoms with Gasteiger partial charge in [-0.1, -0.05) is 152 Å². The Bertz CT molecular complexity index is 1720. The Morgan fingerprint density at radius 3 is 1.40 bits per heavy atom. The summed E-state index contributed by atoms with van der Waals surface area (Å²) < 4.78 is 32.9. The topological polar surface area (TPSA) is 104 Å². The molecule has 0 aromatic heterocycles. The SMILES string of the molecule is NC[C@@H](COCc1ccccc1)NC1C[C@](O)(COCc2ccccc2)[C@@H](OCc2ccccc2)[C@H](OCc2ccccc2)[C@H]1OCc1ccccc1. The molecule has 8 nitrogen and oxygen atoms in total. The Kier molecular flexibility index (Phi) is 14.7. The standard InChI is InChI=1S/C45H52N2O6/c46-27-40(33-49-28-35-16-6-1-7-17-35)47-41-26-45(48,34-50-29-36-18-8-2-9-19-36)44(53-32-39-24-14-5-15-25-39)43(52-31-38-22-12-4-13-23-38)42(41)51-30-37-20-10-3-11-21-37/h1-25,40-44,47-48H,26-34,46H2/t40-,41?,42-,43+,44-,45-/m0/s1. The van der Waals surface area contributed by atoms with Crippen LogP contribution in [0, 0.1) is 0 Å². The zero-order chi connectivity index (χ0) is 36.6. The predicted octanol–water partition coefficient (Wildman–Crippen LogP) is 6.60. The van der Waals surface area contributed by atoms with Crippen LogP contribution >= 0.6 is 0 Å². The maximum Gasteiger partial charge on any atom is 0.118 e. The van der Waals surface area contributed by atoms with Crippen LogP contribution in [0.15, 0.2) is 152 Å². The highest BCUT2D eigenvalue weighted by Crippen LogP contribution is 2.37. The predicted molar refractivity (Wildman–Crippen MR) is 207 cm³/mol. The summed E-state index contributed by atoms with van der Waals surface area (Å²) in [4.78, 5) is 0. The highest BCUT2D eigenvalue weighted by Gasteiger charge is 2.55. The van der Waals surface area contributed by atoms with Gasteiger partial charge < -0.3 is 39.8 Å². The van der Waals surface area contributed by atoms with Gasteiger partial charge in [0.1, 0.15) is 23.9 Å². The van der Waals surface area contributed by atoms with E-state index in [9.17, 15) is 5.11 Å². The van der Waals surface area contributed by atoms with Crippen molar-refractivity contribution in [3.63, 3.8) is 0 Å². The zero-order valence-corrected chi connectivity index (χ0v) is 30.3. The zero-order valence-electron chi connectivity index (χ0n) is 30.3. The lowest BCUT2D eigenvalue weighted by molar-refractivity contribution is -0.256. The van der Waals surface area contributed by atoms with Crippen molar-refractivity contribution >= 4 is 0 Å². The number of hydrogen-bond donors (Lipinski definition) is 3. The molecule has 0 heterocycles. The molecule has 1 fully saturated rings. The van der Waals surface area contributed by atoms with E-state index in [2.05, 4.69) is 5.32 Å². The molecule has 8 heteroatoms. The van der Waals surface area contributed by atoms with Crippen molar-refractivity contribution in [2.24, 2.45) is 5.73 Å². The Labute approximate surface area is 313 Å². The highest BCUT2D eigenvalue weighted by atomic mass is 16.6. The molecule has 53 heavy (non-hydrogen) atoms. The third-order valence-electron chi connectivity index (χ3n) is 9.59. The van der Waals surface area contributed by atoms with Crippen molar-refractivity contribution in [2.75, 3.05) is 19.8 Å². The molecule has 0 aliphatic heterocycles. The highest BCUT2D eigenvalue weighted by molar-refractivity contribution is 5.18. The fraction of sp³-hybridized carbons (Fsp3) is 0.333. The molecular weight excluding hydrogens is 665 g/mol. The summed E-state index contributed by atoms with van der Waals surface area (Å²) >= 11 is 0. The number of ether oxygens (including phenoxy) is 5. The van der Waals surface area contributed by atoms with Crippen LogP contribution in [0.2, 0.25) is 0 Å². The number of aliphatic hydroxyl groups is 1. The molecule has 6 atom stereocenters. The second kappa shape index (κ2) is 20.3. The van der Waals surface area contributed by atoms with Gasteiger partial charge in [0.2, 0.25) is 0 Å². The summed E-state index contributed by atoms with van der Waals surface area (Å²) in [6, 6.07) is 49.5. The van der Waals surface area contributed by atoms with E-state index in [1.807, 2.05) is 152 Å². The second-order valence-electron chi connectivity index (χ2n) is 13.7. The molecule has 0 saturated heterocycles. The summed E-state index contributed by atoms with van der Waals surface area (Å²) in [7, 11) is 0. The van der Waals surface area contributed by atoms with E-state index in [1.165, 1.54) is 0 Å². The summed E-state index contributed by atoms with van der Waals surface area (Å²) in [6.07, 6.45) is -1.76. The first-order valence-electron chi connectivity index (χ1n) is 18.5. The van der Waals surface area contributed by atoms with E-state index in [0.717, 1.165) is 27.8 Å². The first-order valence-corrected chi connectivity index (χ1v) is 18.5. The number of nitrogens with two attached hydrogens (primary N) is 1. The molecule has 278 valence electrons. The first-order chi connectivity index (χ1) is 26.1. The average Bonchev–Trinajstić information content (AvgIpc) is 3.21. The fourth-order valence-corrected chi connectivity index (χ4v) is 6.85. The van der Waals surface area contributed by atoms with Crippen LogP contribution in [0.1, 0.15) is 34.2 Å². The lowest BCUT2D eigenvalue weighted by Gasteiger charge is -2.51. The van der Waals surface area contributed by atoms with Crippen LogP contribution < -0.4 is 11.1 Å². The smallest absolute Gasteiger partial charge is 0.118 e. The van der Waals surface area contributed by atoms with Crippen LogP contribution in [0.3, 0.4) is 0 Å². The second-order valence-corrected chi connectivity index (χ2v) is 13.7. The van der Waals surface area contributed by atoms with E-state index >= 15 is 0 Å². The van der Waals surface area contributed by atoms with Crippen molar-refractivity contribution in [1.82, 2.24) is 5.32 Å². The van der Waals surface area contributed by atoms with Crippen LogP contribution in [0.5, 0.6) is 0 Å². The van der Waals surface area contributed by atoms with Crippen molar-refractivity contribution in [1.29, 1.82) is 0 Å². The number of benzene rings is 5. The molecule has 0 amide bonds. The van der Waals surface area contributed by atoms with Gasteiger partial charge >= 0.3 is 0 Å². The van der Waals surface area contributed by atoms with Gasteiger partial charge in [-0.05, 0) is 34.2 Å². The van der Waals surface area contributed by atoms with Crippen LogP contribution in [-0.2, 0) is 56.7 Å². The Morgan fingerprint density at radius 2 is 0.943 bits per heavy atom. The van der Waals surface area contributed by atoms with E-state index in [1.54, 1.807) is 0 Å².